The highest BCUT2D eigenvalue weighted by molar-refractivity contribution is 8.18. The molecule has 0 radical (unpaired) electrons. The first kappa shape index (κ1) is 18.2. The maximum Gasteiger partial charge on any atom is 0.279 e. The van der Waals surface area contributed by atoms with E-state index in [0.717, 1.165) is 28.6 Å². The van der Waals surface area contributed by atoms with E-state index >= 15 is 0 Å². The van der Waals surface area contributed by atoms with Crippen LogP contribution in [0.15, 0.2) is 52.4 Å². The Morgan fingerprint density at radius 3 is 2.62 bits per heavy atom. The molecule has 132 valence electrons. The number of carbonyl (C=O) groups excluding carboxylic acids is 2. The zero-order valence-electron chi connectivity index (χ0n) is 14.1. The maximum atomic E-state index is 12.2. The number of nitrogens with one attached hydrogen (secondary N) is 1. The number of methoxy groups -OCH3 is 1. The van der Waals surface area contributed by atoms with Crippen molar-refractivity contribution >= 4 is 46.4 Å². The van der Waals surface area contributed by atoms with E-state index in [-0.39, 0.29) is 11.1 Å². The van der Waals surface area contributed by atoms with Crippen molar-refractivity contribution in [3.05, 3.63) is 69.1 Å². The van der Waals surface area contributed by atoms with Gasteiger partial charge in [-0.05, 0) is 72.3 Å². The van der Waals surface area contributed by atoms with Crippen LogP contribution in [0.2, 0.25) is 5.02 Å². The number of amidine groups is 1. The van der Waals surface area contributed by atoms with Crippen LogP contribution in [0.5, 0.6) is 5.75 Å². The van der Waals surface area contributed by atoms with Crippen molar-refractivity contribution < 1.29 is 14.3 Å². The minimum atomic E-state index is -0.439. The fraction of sp³-hybridized carbons (Fsp3) is 0.105. The van der Waals surface area contributed by atoms with Gasteiger partial charge in [0.05, 0.1) is 12.0 Å². The lowest BCUT2D eigenvalue weighted by atomic mass is 10.1. The third-order valence-corrected chi connectivity index (χ3v) is 4.82. The van der Waals surface area contributed by atoms with Gasteiger partial charge in [0.15, 0.2) is 5.17 Å². The third kappa shape index (κ3) is 4.15. The highest BCUT2D eigenvalue weighted by Gasteiger charge is 2.24. The van der Waals surface area contributed by atoms with E-state index in [1.54, 1.807) is 37.5 Å². The molecule has 1 aliphatic heterocycles. The van der Waals surface area contributed by atoms with E-state index in [9.17, 15) is 9.59 Å². The van der Waals surface area contributed by atoms with Crippen LogP contribution in [0.25, 0.3) is 6.08 Å². The molecule has 0 spiro atoms. The van der Waals surface area contributed by atoms with Crippen molar-refractivity contribution in [2.75, 3.05) is 7.11 Å². The molecule has 2 amide bonds. The lowest BCUT2D eigenvalue weighted by molar-refractivity contribution is -0.115. The number of aryl methyl sites for hydroxylation is 1. The number of rotatable bonds is 3. The highest BCUT2D eigenvalue weighted by atomic mass is 35.5. The second kappa shape index (κ2) is 7.76. The van der Waals surface area contributed by atoms with Gasteiger partial charge in [-0.15, -0.1) is 0 Å². The Labute approximate surface area is 160 Å². The van der Waals surface area contributed by atoms with E-state index in [1.807, 2.05) is 25.1 Å². The van der Waals surface area contributed by atoms with Gasteiger partial charge in [0.25, 0.3) is 11.8 Å². The van der Waals surface area contributed by atoms with Crippen molar-refractivity contribution in [3.8, 4) is 5.75 Å². The molecule has 0 atom stereocenters. The largest absolute Gasteiger partial charge is 0.496 e. The molecule has 1 aliphatic rings. The number of benzene rings is 2. The minimum Gasteiger partial charge on any atom is -0.496 e. The summed E-state index contributed by atoms with van der Waals surface area (Å²) in [5, 5.41) is 3.40. The van der Waals surface area contributed by atoms with Crippen LogP contribution in [0.1, 0.15) is 21.5 Å². The molecule has 2 aromatic rings. The lowest BCUT2D eigenvalue weighted by Gasteiger charge is -2.04. The van der Waals surface area contributed by atoms with E-state index in [0.29, 0.717) is 15.5 Å². The number of nitrogens with zero attached hydrogens (tertiary/aromatic N) is 1. The Morgan fingerprint density at radius 2 is 1.96 bits per heavy atom. The maximum absolute atomic E-state index is 12.2. The van der Waals surface area contributed by atoms with Crippen LogP contribution in [0.4, 0.5) is 0 Å². The summed E-state index contributed by atoms with van der Waals surface area (Å²) in [7, 11) is 1.61. The second-order valence-corrected chi connectivity index (χ2v) is 6.99. The molecule has 1 heterocycles. The fourth-order valence-electron chi connectivity index (χ4n) is 2.37. The first-order valence-electron chi connectivity index (χ1n) is 7.70. The summed E-state index contributed by atoms with van der Waals surface area (Å²) in [6, 6.07) is 12.0. The molecule has 1 fully saturated rings. The number of halogens is 1. The summed E-state index contributed by atoms with van der Waals surface area (Å²) in [5.74, 6) is 0.0589. The van der Waals surface area contributed by atoms with E-state index in [4.69, 9.17) is 16.3 Å². The molecule has 0 bridgehead atoms. The predicted octanol–water partition coefficient (Wildman–Crippen LogP) is 4.06. The zero-order valence-corrected chi connectivity index (χ0v) is 15.6. The van der Waals surface area contributed by atoms with Gasteiger partial charge in [-0.2, -0.15) is 4.99 Å². The normalized spacial score (nSPS) is 16.8. The summed E-state index contributed by atoms with van der Waals surface area (Å²) in [6.45, 7) is 1.93. The van der Waals surface area contributed by atoms with E-state index in [2.05, 4.69) is 10.3 Å². The molecule has 2 aromatic carbocycles. The lowest BCUT2D eigenvalue weighted by Crippen LogP contribution is -2.20. The average molecular weight is 387 g/mol. The average Bonchev–Trinajstić information content (AvgIpc) is 2.94. The SMILES string of the molecule is COc1ccc(/C=C2\SC(=NC(=O)c3ccc(Cl)cc3)NC2=O)cc1C. The molecule has 5 nitrogen and oxygen atoms in total. The zero-order chi connectivity index (χ0) is 18.7. The van der Waals surface area contributed by atoms with Gasteiger partial charge in [0, 0.05) is 10.6 Å². The topological polar surface area (TPSA) is 67.8 Å². The van der Waals surface area contributed by atoms with Crippen molar-refractivity contribution in [2.24, 2.45) is 4.99 Å². The highest BCUT2D eigenvalue weighted by Crippen LogP contribution is 2.28. The molecule has 0 saturated carbocycles. The summed E-state index contributed by atoms with van der Waals surface area (Å²) in [4.78, 5) is 28.7. The molecule has 26 heavy (non-hydrogen) atoms. The van der Waals surface area contributed by atoms with Gasteiger partial charge in [0.1, 0.15) is 5.75 Å². The van der Waals surface area contributed by atoms with Gasteiger partial charge in [-0.1, -0.05) is 17.7 Å². The van der Waals surface area contributed by atoms with Gasteiger partial charge < -0.3 is 10.1 Å². The van der Waals surface area contributed by atoms with Crippen LogP contribution in [0, 0.1) is 6.92 Å². The Balaban J connectivity index is 1.78. The summed E-state index contributed by atoms with van der Waals surface area (Å²) in [5.41, 5.74) is 2.24. The molecular formula is C19H15ClN2O3S. The van der Waals surface area contributed by atoms with Crippen molar-refractivity contribution in [3.63, 3.8) is 0 Å². The van der Waals surface area contributed by atoms with Crippen LogP contribution in [-0.4, -0.2) is 24.1 Å². The standard InChI is InChI=1S/C19H15ClN2O3S/c1-11-9-12(3-8-15(11)25-2)10-16-18(24)22-19(26-16)21-17(23)13-4-6-14(20)7-5-13/h3-10H,1-2H3,(H,21,22,23,24)/b16-10-. The van der Waals surface area contributed by atoms with Crippen LogP contribution >= 0.6 is 23.4 Å². The van der Waals surface area contributed by atoms with Crippen LogP contribution in [-0.2, 0) is 4.79 Å². The van der Waals surface area contributed by atoms with E-state index in [1.165, 1.54) is 0 Å². The molecule has 1 saturated heterocycles. The monoisotopic (exact) mass is 386 g/mol. The first-order valence-corrected chi connectivity index (χ1v) is 8.90. The summed E-state index contributed by atoms with van der Waals surface area (Å²) < 4.78 is 5.23. The molecular weight excluding hydrogens is 372 g/mol. The van der Waals surface area contributed by atoms with Crippen LogP contribution < -0.4 is 10.1 Å². The number of thioether (sulfide) groups is 1. The smallest absolute Gasteiger partial charge is 0.279 e. The van der Waals surface area contributed by atoms with Gasteiger partial charge >= 0.3 is 0 Å². The van der Waals surface area contributed by atoms with Crippen molar-refractivity contribution in [1.29, 1.82) is 0 Å². The number of amides is 2. The number of hydrogen-bond donors (Lipinski definition) is 1. The van der Waals surface area contributed by atoms with Gasteiger partial charge in [0.2, 0.25) is 0 Å². The summed E-state index contributed by atoms with van der Waals surface area (Å²) >= 11 is 6.94. The Hall–Kier alpha value is -2.57. The quantitative estimate of drug-likeness (QED) is 0.808. The molecule has 1 N–H and O–H groups in total. The minimum absolute atomic E-state index is 0.256. The number of hydrogen-bond acceptors (Lipinski definition) is 4. The molecule has 3 rings (SSSR count). The molecule has 7 heteroatoms. The Kier molecular flexibility index (Phi) is 5.44. The number of ether oxygens (including phenoxy) is 1. The Bertz CT molecular complexity index is 936. The third-order valence-electron chi connectivity index (χ3n) is 3.66. The molecule has 0 aromatic heterocycles. The predicted molar refractivity (Wildman–Crippen MR) is 105 cm³/mol. The number of aliphatic imine (C=N–C) groups is 1. The second-order valence-electron chi connectivity index (χ2n) is 5.52. The Morgan fingerprint density at radius 1 is 1.23 bits per heavy atom. The van der Waals surface area contributed by atoms with Gasteiger partial charge in [-0.25, -0.2) is 0 Å². The molecule has 0 aliphatic carbocycles. The van der Waals surface area contributed by atoms with Crippen molar-refractivity contribution in [1.82, 2.24) is 5.32 Å². The van der Waals surface area contributed by atoms with E-state index < -0.39 is 5.91 Å². The van der Waals surface area contributed by atoms with Crippen LogP contribution in [0.3, 0.4) is 0 Å². The fourth-order valence-corrected chi connectivity index (χ4v) is 3.32. The van der Waals surface area contributed by atoms with Gasteiger partial charge in [-0.3, -0.25) is 9.59 Å². The first-order chi connectivity index (χ1) is 12.5. The summed E-state index contributed by atoms with van der Waals surface area (Å²) in [6.07, 6.45) is 1.75. The van der Waals surface area contributed by atoms with Crippen molar-refractivity contribution in [2.45, 2.75) is 6.92 Å². The number of carbonyl (C=O) groups is 2. The molecule has 0 unspecified atom stereocenters.